The van der Waals surface area contributed by atoms with Crippen LogP contribution in [0, 0.1) is 0 Å². The van der Waals surface area contributed by atoms with E-state index in [9.17, 15) is 18.6 Å². The molecule has 1 aromatic rings. The van der Waals surface area contributed by atoms with Gasteiger partial charge in [0.25, 0.3) is 0 Å². The number of aliphatic hydroxyl groups excluding tert-OH is 2. The lowest BCUT2D eigenvalue weighted by Gasteiger charge is -2.15. The Labute approximate surface area is 114 Å². The molecule has 2 atom stereocenters. The molecule has 5 N–H and O–H groups in total. The number of hydrogen-bond acceptors (Lipinski definition) is 7. The Balaban J connectivity index is 2.33. The zero-order chi connectivity index (χ0) is 14.2. The van der Waals surface area contributed by atoms with E-state index in [4.69, 9.17) is 17.4 Å². The summed E-state index contributed by atoms with van der Waals surface area (Å²) in [6.07, 6.45) is -1.08. The van der Waals surface area contributed by atoms with Gasteiger partial charge < -0.3 is 15.6 Å². The molecule has 0 amide bonds. The van der Waals surface area contributed by atoms with Crippen molar-refractivity contribution in [2.75, 3.05) is 18.5 Å². The van der Waals surface area contributed by atoms with Gasteiger partial charge in [0.1, 0.15) is 4.90 Å². The zero-order valence-electron chi connectivity index (χ0n) is 9.69. The van der Waals surface area contributed by atoms with Crippen LogP contribution in [0.2, 0.25) is 5.02 Å². The summed E-state index contributed by atoms with van der Waals surface area (Å²) < 4.78 is 25.4. The lowest BCUT2D eigenvalue weighted by Crippen LogP contribution is -2.30. The Bertz CT molecular complexity index is 572. The molecule has 1 fully saturated rings. The number of pyridine rings is 1. The number of nitrogens with zero attached hydrogens (tertiary/aromatic N) is 2. The summed E-state index contributed by atoms with van der Waals surface area (Å²) in [5, 5.41) is 18.8. The molecule has 8 nitrogen and oxygen atoms in total. The first-order valence-electron chi connectivity index (χ1n) is 5.34. The van der Waals surface area contributed by atoms with Crippen molar-refractivity contribution in [1.82, 2.24) is 9.29 Å². The third kappa shape index (κ3) is 2.66. The highest BCUT2D eigenvalue weighted by atomic mass is 35.5. The number of rotatable bonds is 3. The molecule has 10 heteroatoms. The second-order valence-corrected chi connectivity index (χ2v) is 6.45. The number of nitrogens with two attached hydrogens (primary N) is 1. The summed E-state index contributed by atoms with van der Waals surface area (Å²) in [7, 11) is -3.85. The number of aromatic nitrogens is 1. The number of β-amino-alcohol motifs (C(OH)–C–C–N with tert-alkyl or cyclic N) is 2. The van der Waals surface area contributed by atoms with Gasteiger partial charge in [-0.25, -0.2) is 19.2 Å². The van der Waals surface area contributed by atoms with E-state index in [0.29, 0.717) is 0 Å². The van der Waals surface area contributed by atoms with E-state index in [1.54, 1.807) is 0 Å². The summed E-state index contributed by atoms with van der Waals surface area (Å²) >= 11 is 5.81. The molecule has 0 aliphatic carbocycles. The van der Waals surface area contributed by atoms with Crippen LogP contribution < -0.4 is 11.3 Å². The highest BCUT2D eigenvalue weighted by molar-refractivity contribution is 7.89. The highest BCUT2D eigenvalue weighted by Gasteiger charge is 2.37. The number of halogens is 1. The first-order chi connectivity index (χ1) is 8.86. The van der Waals surface area contributed by atoms with Crippen LogP contribution in [0.5, 0.6) is 0 Å². The minimum atomic E-state index is -3.85. The van der Waals surface area contributed by atoms with Gasteiger partial charge in [0.15, 0.2) is 5.82 Å². The molecule has 19 heavy (non-hydrogen) atoms. The fraction of sp³-hybridized carbons (Fsp3) is 0.444. The molecule has 1 aromatic heterocycles. The van der Waals surface area contributed by atoms with Crippen LogP contribution in [0.15, 0.2) is 17.2 Å². The number of nitrogens with one attached hydrogen (secondary N) is 1. The predicted octanol–water partition coefficient (Wildman–Crippen LogP) is -1.25. The van der Waals surface area contributed by atoms with E-state index in [-0.39, 0.29) is 28.8 Å². The van der Waals surface area contributed by atoms with Gasteiger partial charge in [0.05, 0.1) is 17.2 Å². The van der Waals surface area contributed by atoms with Gasteiger partial charge in [-0.2, -0.15) is 4.31 Å². The monoisotopic (exact) mass is 308 g/mol. The normalized spacial score (nSPS) is 24.6. The van der Waals surface area contributed by atoms with Crippen LogP contribution in [-0.4, -0.2) is 53.2 Å². The van der Waals surface area contributed by atoms with Crippen LogP contribution in [0.1, 0.15) is 0 Å². The largest absolute Gasteiger partial charge is 0.389 e. The van der Waals surface area contributed by atoms with Crippen LogP contribution in [-0.2, 0) is 10.0 Å². The summed E-state index contributed by atoms with van der Waals surface area (Å²) in [5.74, 6) is 5.30. The van der Waals surface area contributed by atoms with Crippen molar-refractivity contribution in [2.45, 2.75) is 17.1 Å². The number of anilines is 1. The van der Waals surface area contributed by atoms with Gasteiger partial charge >= 0.3 is 0 Å². The molecule has 0 saturated carbocycles. The molecule has 2 rings (SSSR count). The lowest BCUT2D eigenvalue weighted by molar-refractivity contribution is 0.0572. The summed E-state index contributed by atoms with van der Waals surface area (Å²) in [5.41, 5.74) is 2.23. The average molecular weight is 309 g/mol. The third-order valence-electron chi connectivity index (χ3n) is 2.82. The van der Waals surface area contributed by atoms with Crippen molar-refractivity contribution < 1.29 is 18.6 Å². The Kier molecular flexibility index (Phi) is 3.95. The van der Waals surface area contributed by atoms with Crippen LogP contribution in [0.3, 0.4) is 0 Å². The molecule has 0 radical (unpaired) electrons. The van der Waals surface area contributed by atoms with Gasteiger partial charge in [0.2, 0.25) is 10.0 Å². The average Bonchev–Trinajstić information content (AvgIpc) is 2.70. The van der Waals surface area contributed by atoms with Crippen LogP contribution in [0.25, 0.3) is 0 Å². The first kappa shape index (κ1) is 14.4. The zero-order valence-corrected chi connectivity index (χ0v) is 11.3. The highest BCUT2D eigenvalue weighted by Crippen LogP contribution is 2.26. The molecule has 2 heterocycles. The molecule has 1 aliphatic rings. The summed E-state index contributed by atoms with van der Waals surface area (Å²) in [6, 6.07) is 1.20. The Morgan fingerprint density at radius 3 is 2.47 bits per heavy atom. The third-order valence-corrected chi connectivity index (χ3v) is 4.90. The number of nitrogen functional groups attached to an aromatic ring is 1. The molecule has 0 bridgehead atoms. The van der Waals surface area contributed by atoms with Crippen molar-refractivity contribution in [3.05, 3.63) is 17.3 Å². The van der Waals surface area contributed by atoms with E-state index < -0.39 is 22.2 Å². The SMILES string of the molecule is NNc1ncc(S(=O)(=O)N2CC(O)C(O)C2)cc1Cl. The fourth-order valence-electron chi connectivity index (χ4n) is 1.75. The Hall–Kier alpha value is -0.970. The quantitative estimate of drug-likeness (QED) is 0.405. The number of sulfonamides is 1. The van der Waals surface area contributed by atoms with Crippen molar-refractivity contribution in [1.29, 1.82) is 0 Å². The molecular weight excluding hydrogens is 296 g/mol. The molecule has 2 unspecified atom stereocenters. The van der Waals surface area contributed by atoms with E-state index >= 15 is 0 Å². The maximum atomic E-state index is 12.2. The van der Waals surface area contributed by atoms with E-state index in [2.05, 4.69) is 10.4 Å². The Morgan fingerprint density at radius 2 is 2.00 bits per heavy atom. The maximum absolute atomic E-state index is 12.2. The standard InChI is InChI=1S/C9H13ClN4O4S/c10-6-1-5(2-12-9(6)13-11)19(17,18)14-3-7(15)8(16)4-14/h1-2,7-8,15-16H,3-4,11H2,(H,12,13). The molecule has 1 aliphatic heterocycles. The van der Waals surface area contributed by atoms with Crippen LogP contribution in [0.4, 0.5) is 5.82 Å². The predicted molar refractivity (Wildman–Crippen MR) is 67.8 cm³/mol. The molecule has 0 spiro atoms. The second kappa shape index (κ2) is 5.19. The fourth-order valence-corrected chi connectivity index (χ4v) is 3.48. The minimum absolute atomic E-state index is 0.0591. The van der Waals surface area contributed by atoms with Gasteiger partial charge in [0, 0.05) is 19.3 Å². The molecular formula is C9H13ClN4O4S. The van der Waals surface area contributed by atoms with Crippen molar-refractivity contribution in [3.63, 3.8) is 0 Å². The smallest absolute Gasteiger partial charge is 0.244 e. The van der Waals surface area contributed by atoms with E-state index in [1.165, 1.54) is 6.07 Å². The minimum Gasteiger partial charge on any atom is -0.389 e. The molecule has 0 aromatic carbocycles. The Morgan fingerprint density at radius 1 is 1.42 bits per heavy atom. The number of hydrogen-bond donors (Lipinski definition) is 4. The van der Waals surface area contributed by atoms with Crippen molar-refractivity contribution in [3.8, 4) is 0 Å². The van der Waals surface area contributed by atoms with Gasteiger partial charge in [-0.05, 0) is 6.07 Å². The maximum Gasteiger partial charge on any atom is 0.244 e. The van der Waals surface area contributed by atoms with Crippen molar-refractivity contribution in [2.24, 2.45) is 5.84 Å². The van der Waals surface area contributed by atoms with Gasteiger partial charge in [-0.15, -0.1) is 0 Å². The van der Waals surface area contributed by atoms with Gasteiger partial charge in [-0.3, -0.25) is 0 Å². The molecule has 106 valence electrons. The second-order valence-electron chi connectivity index (χ2n) is 4.10. The topological polar surface area (TPSA) is 129 Å². The first-order valence-corrected chi connectivity index (χ1v) is 7.16. The van der Waals surface area contributed by atoms with Crippen LogP contribution >= 0.6 is 11.6 Å². The molecule has 1 saturated heterocycles. The summed E-state index contributed by atoms with van der Waals surface area (Å²) in [4.78, 5) is 3.65. The number of aliphatic hydroxyl groups is 2. The lowest BCUT2D eigenvalue weighted by atomic mass is 10.3. The van der Waals surface area contributed by atoms with Crippen molar-refractivity contribution >= 4 is 27.4 Å². The van der Waals surface area contributed by atoms with E-state index in [0.717, 1.165) is 10.5 Å². The van der Waals surface area contributed by atoms with Gasteiger partial charge in [-0.1, -0.05) is 11.6 Å². The summed E-state index contributed by atoms with van der Waals surface area (Å²) in [6.45, 7) is -0.337. The number of hydrazine groups is 1. The van der Waals surface area contributed by atoms with E-state index in [1.807, 2.05) is 0 Å².